The molecule has 4 atom stereocenters. The Kier molecular flexibility index (Phi) is 4.92. The molecule has 2 aromatic heterocycles. The van der Waals surface area contributed by atoms with Crippen LogP contribution in [0.15, 0.2) is 29.1 Å². The van der Waals surface area contributed by atoms with Crippen LogP contribution in [0.1, 0.15) is 37.4 Å². The van der Waals surface area contributed by atoms with Gasteiger partial charge in [0, 0.05) is 29.2 Å². The van der Waals surface area contributed by atoms with Gasteiger partial charge in [0.25, 0.3) is 0 Å². The summed E-state index contributed by atoms with van der Waals surface area (Å²) in [6.45, 7) is 5.16. The Morgan fingerprint density at radius 3 is 2.91 bits per heavy atom. The molecular formula is C23H25BrFN5O3. The molecule has 2 fully saturated rings. The molecule has 0 spiro atoms. The Morgan fingerprint density at radius 2 is 2.06 bits per heavy atom. The minimum atomic E-state index is -0.742. The molecule has 174 valence electrons. The van der Waals surface area contributed by atoms with Crippen molar-refractivity contribution < 1.29 is 18.6 Å². The van der Waals surface area contributed by atoms with E-state index in [9.17, 15) is 4.39 Å². The average molecular weight is 518 g/mol. The Balaban J connectivity index is 1.38. The summed E-state index contributed by atoms with van der Waals surface area (Å²) in [7, 11) is 0. The lowest BCUT2D eigenvalue weighted by molar-refractivity contribution is -0.163. The van der Waals surface area contributed by atoms with Crippen LogP contribution in [0, 0.1) is 5.82 Å². The maximum absolute atomic E-state index is 14.4. The lowest BCUT2D eigenvalue weighted by Gasteiger charge is -2.27. The number of fused-ring (bicyclic) bond motifs is 3. The molecule has 6 rings (SSSR count). The summed E-state index contributed by atoms with van der Waals surface area (Å²) in [4.78, 5) is 8.61. The van der Waals surface area contributed by atoms with Crippen LogP contribution in [0.2, 0.25) is 0 Å². The van der Waals surface area contributed by atoms with Crippen molar-refractivity contribution in [1.82, 2.24) is 19.9 Å². The van der Waals surface area contributed by atoms with Crippen LogP contribution >= 0.6 is 15.9 Å². The molecule has 0 bridgehead atoms. The van der Waals surface area contributed by atoms with Gasteiger partial charge >= 0.3 is 0 Å². The SMILES string of the molecule is CC1(C)O[C@@H]2[C@H](O1)[C@@H](Oc1ccc(F)c3c1CNCC3)C[C@H]2n1cc(Br)c2c(N)ncnc21. The lowest BCUT2D eigenvalue weighted by Crippen LogP contribution is -2.34. The van der Waals surface area contributed by atoms with E-state index in [-0.39, 0.29) is 30.2 Å². The van der Waals surface area contributed by atoms with Crippen molar-refractivity contribution in [3.05, 3.63) is 46.1 Å². The second-order valence-corrected chi connectivity index (χ2v) is 10.1. The van der Waals surface area contributed by atoms with E-state index < -0.39 is 5.79 Å². The van der Waals surface area contributed by atoms with E-state index >= 15 is 0 Å². The fourth-order valence-corrected chi connectivity index (χ4v) is 6.02. The predicted octanol–water partition coefficient (Wildman–Crippen LogP) is 3.47. The largest absolute Gasteiger partial charge is 0.487 e. The first-order chi connectivity index (χ1) is 15.8. The van der Waals surface area contributed by atoms with Crippen LogP contribution in [0.4, 0.5) is 10.2 Å². The highest BCUT2D eigenvalue weighted by Crippen LogP contribution is 2.47. The van der Waals surface area contributed by atoms with Crippen molar-refractivity contribution in [3.8, 4) is 5.75 Å². The van der Waals surface area contributed by atoms with Crippen molar-refractivity contribution >= 4 is 32.8 Å². The average Bonchev–Trinajstić information content (AvgIpc) is 3.39. The number of anilines is 1. The highest BCUT2D eigenvalue weighted by atomic mass is 79.9. The van der Waals surface area contributed by atoms with E-state index in [0.717, 1.165) is 33.2 Å². The first-order valence-electron chi connectivity index (χ1n) is 11.1. The highest BCUT2D eigenvalue weighted by molar-refractivity contribution is 9.10. The molecule has 1 aliphatic carbocycles. The van der Waals surface area contributed by atoms with E-state index in [1.54, 1.807) is 6.07 Å². The molecule has 1 aromatic carbocycles. The number of benzene rings is 1. The molecule has 0 unspecified atom stereocenters. The second kappa shape index (κ2) is 7.63. The maximum atomic E-state index is 14.4. The van der Waals surface area contributed by atoms with Crippen molar-refractivity contribution in [3.63, 3.8) is 0 Å². The summed E-state index contributed by atoms with van der Waals surface area (Å²) < 4.78 is 36.5. The van der Waals surface area contributed by atoms with Gasteiger partial charge < -0.3 is 29.8 Å². The van der Waals surface area contributed by atoms with Gasteiger partial charge in [-0.1, -0.05) is 0 Å². The third-order valence-corrected chi connectivity index (χ3v) is 7.40. The zero-order chi connectivity index (χ0) is 22.9. The van der Waals surface area contributed by atoms with E-state index in [2.05, 4.69) is 35.8 Å². The molecule has 3 N–H and O–H groups in total. The smallest absolute Gasteiger partial charge is 0.164 e. The number of nitrogen functional groups attached to an aromatic ring is 1. The number of hydrogen-bond donors (Lipinski definition) is 2. The molecule has 8 nitrogen and oxygen atoms in total. The van der Waals surface area contributed by atoms with Crippen LogP contribution in [-0.2, 0) is 22.4 Å². The Labute approximate surface area is 198 Å². The molecule has 1 saturated carbocycles. The van der Waals surface area contributed by atoms with Gasteiger partial charge in [0.1, 0.15) is 47.7 Å². The van der Waals surface area contributed by atoms with Crippen LogP contribution in [0.25, 0.3) is 11.0 Å². The van der Waals surface area contributed by atoms with E-state index in [1.807, 2.05) is 20.0 Å². The molecule has 3 aliphatic rings. The summed E-state index contributed by atoms with van der Waals surface area (Å²) in [6.07, 6.45) is 3.94. The molecule has 4 heterocycles. The predicted molar refractivity (Wildman–Crippen MR) is 123 cm³/mol. The monoisotopic (exact) mass is 517 g/mol. The van der Waals surface area contributed by atoms with Gasteiger partial charge in [-0.05, 0) is 60.4 Å². The molecule has 10 heteroatoms. The molecule has 0 radical (unpaired) electrons. The van der Waals surface area contributed by atoms with Gasteiger partial charge in [0.2, 0.25) is 0 Å². The van der Waals surface area contributed by atoms with Crippen LogP contribution < -0.4 is 15.8 Å². The summed E-state index contributed by atoms with van der Waals surface area (Å²) >= 11 is 3.60. The number of nitrogens with one attached hydrogen (secondary N) is 1. The van der Waals surface area contributed by atoms with Crippen molar-refractivity contribution in [2.45, 2.75) is 63.4 Å². The number of halogens is 2. The molecule has 1 saturated heterocycles. The van der Waals surface area contributed by atoms with Crippen molar-refractivity contribution in [2.75, 3.05) is 12.3 Å². The first kappa shape index (κ1) is 21.3. The highest BCUT2D eigenvalue weighted by Gasteiger charge is 2.56. The minimum absolute atomic E-state index is 0.0840. The Bertz CT molecular complexity index is 1250. The Hall–Kier alpha value is -2.27. The third kappa shape index (κ3) is 3.42. The van der Waals surface area contributed by atoms with E-state index in [1.165, 1.54) is 12.4 Å². The van der Waals surface area contributed by atoms with E-state index in [4.69, 9.17) is 19.9 Å². The van der Waals surface area contributed by atoms with Gasteiger partial charge in [-0.25, -0.2) is 14.4 Å². The summed E-state index contributed by atoms with van der Waals surface area (Å²) in [5.74, 6) is 0.195. The van der Waals surface area contributed by atoms with Gasteiger partial charge in [-0.15, -0.1) is 0 Å². The van der Waals surface area contributed by atoms with Crippen molar-refractivity contribution in [1.29, 1.82) is 0 Å². The van der Waals surface area contributed by atoms with Crippen LogP contribution in [0.5, 0.6) is 5.75 Å². The van der Waals surface area contributed by atoms with Gasteiger partial charge in [-0.2, -0.15) is 0 Å². The molecular weight excluding hydrogens is 493 g/mol. The summed E-state index contributed by atoms with van der Waals surface area (Å²) in [5.41, 5.74) is 8.46. The Morgan fingerprint density at radius 1 is 1.24 bits per heavy atom. The first-order valence-corrected chi connectivity index (χ1v) is 11.9. The number of hydrogen-bond acceptors (Lipinski definition) is 7. The molecule has 0 amide bonds. The number of ether oxygens (including phenoxy) is 3. The maximum Gasteiger partial charge on any atom is 0.164 e. The zero-order valence-electron chi connectivity index (χ0n) is 18.3. The number of aromatic nitrogens is 3. The summed E-state index contributed by atoms with van der Waals surface area (Å²) in [5, 5.41) is 4.09. The fourth-order valence-electron chi connectivity index (χ4n) is 5.42. The number of nitrogens with zero attached hydrogens (tertiary/aromatic N) is 3. The molecule has 3 aromatic rings. The van der Waals surface area contributed by atoms with E-state index in [0.29, 0.717) is 31.0 Å². The summed E-state index contributed by atoms with van der Waals surface area (Å²) in [6, 6.07) is 3.13. The van der Waals surface area contributed by atoms with Crippen LogP contribution in [0.3, 0.4) is 0 Å². The van der Waals surface area contributed by atoms with Gasteiger partial charge in [0.15, 0.2) is 5.79 Å². The standard InChI is InChI=1S/C23H25BrFN5O3/c1-23(2)32-19-15(30-9-13(24)18-21(26)28-10-29-22(18)30)7-17(20(19)33-23)31-16-4-3-14(25)11-5-6-27-8-12(11)16/h3-4,9-10,15,17,19-20,27H,5-8H2,1-2H3,(H2,26,28,29)/t15-,17+,19+,20-/m1/s1. The lowest BCUT2D eigenvalue weighted by atomic mass is 9.99. The normalized spacial score (nSPS) is 28.1. The second-order valence-electron chi connectivity index (χ2n) is 9.30. The fraction of sp³-hybridized carbons (Fsp3) is 0.478. The number of nitrogens with two attached hydrogens (primary N) is 1. The van der Waals surface area contributed by atoms with Crippen molar-refractivity contribution in [2.24, 2.45) is 0 Å². The van der Waals surface area contributed by atoms with Gasteiger partial charge in [0.05, 0.1) is 11.4 Å². The molecule has 2 aliphatic heterocycles. The zero-order valence-corrected chi connectivity index (χ0v) is 19.9. The van der Waals surface area contributed by atoms with Gasteiger partial charge in [-0.3, -0.25) is 0 Å². The minimum Gasteiger partial charge on any atom is -0.487 e. The third-order valence-electron chi connectivity index (χ3n) is 6.80. The topological polar surface area (TPSA) is 96.5 Å². The number of rotatable bonds is 3. The molecule has 33 heavy (non-hydrogen) atoms. The quantitative estimate of drug-likeness (QED) is 0.548. The van der Waals surface area contributed by atoms with Crippen LogP contribution in [-0.4, -0.2) is 45.2 Å².